The molecule has 0 spiro atoms. The molecule has 1 aliphatic rings. The quantitative estimate of drug-likeness (QED) is 0.806. The van der Waals surface area contributed by atoms with Crippen LogP contribution in [0.15, 0.2) is 18.2 Å². The van der Waals surface area contributed by atoms with E-state index >= 15 is 0 Å². The van der Waals surface area contributed by atoms with Crippen LogP contribution in [0.3, 0.4) is 0 Å². The topological polar surface area (TPSA) is 84.5 Å². The van der Waals surface area contributed by atoms with Gasteiger partial charge in [0.2, 0.25) is 11.8 Å². The van der Waals surface area contributed by atoms with Crippen LogP contribution in [0.25, 0.3) is 0 Å². The van der Waals surface area contributed by atoms with Gasteiger partial charge in [-0.05, 0) is 38.5 Å². The molecule has 2 N–H and O–H groups in total. The number of hydrogen-bond acceptors (Lipinski definition) is 4. The summed E-state index contributed by atoms with van der Waals surface area (Å²) in [6, 6.07) is 4.52. The Morgan fingerprint density at radius 3 is 2.48 bits per heavy atom. The summed E-state index contributed by atoms with van der Waals surface area (Å²) in [7, 11) is 1.28. The van der Waals surface area contributed by atoms with Gasteiger partial charge >= 0.3 is 5.97 Å². The molecule has 1 fully saturated rings. The summed E-state index contributed by atoms with van der Waals surface area (Å²) >= 11 is 6.03. The zero-order chi connectivity index (χ0) is 17.1. The summed E-state index contributed by atoms with van der Waals surface area (Å²) in [5, 5.41) is 5.78. The van der Waals surface area contributed by atoms with Crippen LogP contribution in [-0.4, -0.2) is 30.9 Å². The van der Waals surface area contributed by atoms with Gasteiger partial charge in [0.25, 0.3) is 0 Å². The van der Waals surface area contributed by atoms with E-state index in [1.165, 1.54) is 25.3 Å². The van der Waals surface area contributed by atoms with E-state index in [1.807, 2.05) is 13.8 Å². The molecule has 7 heteroatoms. The lowest BCUT2D eigenvalue weighted by Crippen LogP contribution is -2.32. The van der Waals surface area contributed by atoms with Crippen molar-refractivity contribution in [2.75, 3.05) is 12.4 Å². The predicted octanol–water partition coefficient (Wildman–Crippen LogP) is 2.23. The predicted molar refractivity (Wildman–Crippen MR) is 86.3 cm³/mol. The van der Waals surface area contributed by atoms with Gasteiger partial charge in [0, 0.05) is 6.04 Å². The summed E-state index contributed by atoms with van der Waals surface area (Å²) in [5.74, 6) is -1.59. The van der Waals surface area contributed by atoms with Crippen LogP contribution in [0.2, 0.25) is 5.02 Å². The normalized spacial score (nSPS) is 19.2. The maximum absolute atomic E-state index is 12.2. The standard InChI is InChI=1S/C16H19ClN2O4/c1-8(2)18-14(20)10-7-11(10)15(21)19-13-6-9(16(22)23-3)4-5-12(13)17/h4-6,8,10-11H,7H2,1-3H3,(H,18,20)(H,19,21). The number of halogens is 1. The van der Waals surface area contributed by atoms with Crippen molar-refractivity contribution in [3.05, 3.63) is 28.8 Å². The Balaban J connectivity index is 2.02. The third kappa shape index (κ3) is 4.22. The van der Waals surface area contributed by atoms with Gasteiger partial charge in [-0.2, -0.15) is 0 Å². The van der Waals surface area contributed by atoms with Gasteiger partial charge in [0.1, 0.15) is 0 Å². The first-order valence-electron chi connectivity index (χ1n) is 7.32. The van der Waals surface area contributed by atoms with Crippen molar-refractivity contribution >= 4 is 35.1 Å². The number of rotatable bonds is 5. The van der Waals surface area contributed by atoms with E-state index in [2.05, 4.69) is 15.4 Å². The Labute approximate surface area is 139 Å². The van der Waals surface area contributed by atoms with Gasteiger partial charge in [0.15, 0.2) is 0 Å². The minimum Gasteiger partial charge on any atom is -0.465 e. The van der Waals surface area contributed by atoms with Crippen LogP contribution < -0.4 is 10.6 Å². The molecule has 2 unspecified atom stereocenters. The number of carbonyl (C=O) groups excluding carboxylic acids is 3. The van der Waals surface area contributed by atoms with Crippen LogP contribution in [0, 0.1) is 11.8 Å². The molecule has 2 amide bonds. The average Bonchev–Trinajstić information content (AvgIpc) is 3.28. The van der Waals surface area contributed by atoms with Gasteiger partial charge in [-0.1, -0.05) is 11.6 Å². The third-order valence-electron chi connectivity index (χ3n) is 3.54. The highest BCUT2D eigenvalue weighted by atomic mass is 35.5. The van der Waals surface area contributed by atoms with Crippen LogP contribution in [0.4, 0.5) is 5.69 Å². The molecule has 1 saturated carbocycles. The summed E-state index contributed by atoms with van der Waals surface area (Å²) in [4.78, 5) is 35.6. The second kappa shape index (κ2) is 7.00. The summed E-state index contributed by atoms with van der Waals surface area (Å²) in [6.07, 6.45) is 0.513. The molecule has 0 aliphatic heterocycles. The minimum absolute atomic E-state index is 0.0398. The number of nitrogens with one attached hydrogen (secondary N) is 2. The Hall–Kier alpha value is -2.08. The molecule has 0 aromatic heterocycles. The molecule has 1 aromatic rings. The molecule has 0 heterocycles. The third-order valence-corrected chi connectivity index (χ3v) is 3.87. The number of ether oxygens (including phenoxy) is 1. The first kappa shape index (κ1) is 17.3. The van der Waals surface area contributed by atoms with E-state index in [9.17, 15) is 14.4 Å². The van der Waals surface area contributed by atoms with E-state index in [4.69, 9.17) is 11.6 Å². The smallest absolute Gasteiger partial charge is 0.337 e. The zero-order valence-corrected chi connectivity index (χ0v) is 13.9. The Morgan fingerprint density at radius 1 is 1.22 bits per heavy atom. The summed E-state index contributed by atoms with van der Waals surface area (Å²) < 4.78 is 4.63. The van der Waals surface area contributed by atoms with Crippen molar-refractivity contribution < 1.29 is 19.1 Å². The van der Waals surface area contributed by atoms with E-state index in [-0.39, 0.29) is 35.3 Å². The molecule has 1 aromatic carbocycles. The monoisotopic (exact) mass is 338 g/mol. The minimum atomic E-state index is -0.516. The fourth-order valence-corrected chi connectivity index (χ4v) is 2.42. The highest BCUT2D eigenvalue weighted by Crippen LogP contribution is 2.40. The first-order valence-corrected chi connectivity index (χ1v) is 7.70. The molecule has 0 bridgehead atoms. The van der Waals surface area contributed by atoms with Crippen molar-refractivity contribution in [3.63, 3.8) is 0 Å². The molecule has 2 atom stereocenters. The summed E-state index contributed by atoms with van der Waals surface area (Å²) in [5.41, 5.74) is 0.617. The van der Waals surface area contributed by atoms with Crippen molar-refractivity contribution in [1.82, 2.24) is 5.32 Å². The fourth-order valence-electron chi connectivity index (χ4n) is 2.26. The molecule has 23 heavy (non-hydrogen) atoms. The fraction of sp³-hybridized carbons (Fsp3) is 0.438. The lowest BCUT2D eigenvalue weighted by atomic mass is 10.2. The maximum Gasteiger partial charge on any atom is 0.337 e. The van der Waals surface area contributed by atoms with E-state index in [0.717, 1.165) is 0 Å². The number of benzene rings is 1. The molecule has 1 aliphatic carbocycles. The first-order chi connectivity index (χ1) is 10.8. The van der Waals surface area contributed by atoms with Crippen molar-refractivity contribution in [2.24, 2.45) is 11.8 Å². The number of anilines is 1. The molecule has 2 rings (SSSR count). The van der Waals surface area contributed by atoms with Gasteiger partial charge in [0.05, 0.1) is 35.2 Å². The largest absolute Gasteiger partial charge is 0.465 e. The van der Waals surface area contributed by atoms with Crippen LogP contribution in [0.5, 0.6) is 0 Å². The van der Waals surface area contributed by atoms with Crippen molar-refractivity contribution in [3.8, 4) is 0 Å². The molecule has 0 saturated heterocycles. The maximum atomic E-state index is 12.2. The van der Waals surface area contributed by atoms with Gasteiger partial charge < -0.3 is 15.4 Å². The molecular weight excluding hydrogens is 320 g/mol. The van der Waals surface area contributed by atoms with Crippen LogP contribution in [-0.2, 0) is 14.3 Å². The number of carbonyl (C=O) groups is 3. The number of hydrogen-bond donors (Lipinski definition) is 2. The lowest BCUT2D eigenvalue weighted by molar-refractivity contribution is -0.125. The number of esters is 1. The molecule has 124 valence electrons. The molecule has 6 nitrogen and oxygen atoms in total. The molecular formula is C16H19ClN2O4. The van der Waals surface area contributed by atoms with Gasteiger partial charge in [-0.15, -0.1) is 0 Å². The van der Waals surface area contributed by atoms with Gasteiger partial charge in [-0.3, -0.25) is 9.59 Å². The lowest BCUT2D eigenvalue weighted by Gasteiger charge is -2.10. The second-order valence-electron chi connectivity index (χ2n) is 5.79. The van der Waals surface area contributed by atoms with E-state index in [0.29, 0.717) is 17.1 Å². The number of methoxy groups -OCH3 is 1. The van der Waals surface area contributed by atoms with Crippen LogP contribution >= 0.6 is 11.6 Å². The Kier molecular flexibility index (Phi) is 5.26. The number of amides is 2. The second-order valence-corrected chi connectivity index (χ2v) is 6.19. The average molecular weight is 339 g/mol. The van der Waals surface area contributed by atoms with Crippen molar-refractivity contribution in [1.29, 1.82) is 0 Å². The highest BCUT2D eigenvalue weighted by Gasteiger charge is 2.48. The highest BCUT2D eigenvalue weighted by molar-refractivity contribution is 6.34. The van der Waals surface area contributed by atoms with Crippen LogP contribution in [0.1, 0.15) is 30.6 Å². The Morgan fingerprint density at radius 2 is 1.87 bits per heavy atom. The SMILES string of the molecule is COC(=O)c1ccc(Cl)c(NC(=O)C2CC2C(=O)NC(C)C)c1. The van der Waals surface area contributed by atoms with Gasteiger partial charge in [-0.25, -0.2) is 4.79 Å². The molecule has 0 radical (unpaired) electrons. The van der Waals surface area contributed by atoms with E-state index in [1.54, 1.807) is 0 Å². The Bertz CT molecular complexity index is 645. The van der Waals surface area contributed by atoms with Crippen molar-refractivity contribution in [2.45, 2.75) is 26.3 Å². The van der Waals surface area contributed by atoms with E-state index < -0.39 is 5.97 Å². The summed E-state index contributed by atoms with van der Waals surface area (Å²) in [6.45, 7) is 3.74. The zero-order valence-electron chi connectivity index (χ0n) is 13.2.